The summed E-state index contributed by atoms with van der Waals surface area (Å²) in [7, 11) is 0. The van der Waals surface area contributed by atoms with Gasteiger partial charge in [0.2, 0.25) is 0 Å². The molecule has 0 N–H and O–H groups in total. The van der Waals surface area contributed by atoms with Crippen molar-refractivity contribution < 1.29 is 4.79 Å². The van der Waals surface area contributed by atoms with E-state index in [2.05, 4.69) is 85.2 Å². The fourth-order valence-electron chi connectivity index (χ4n) is 4.96. The average Bonchev–Trinajstić information content (AvgIpc) is 2.87. The van der Waals surface area contributed by atoms with Crippen LogP contribution in [0.2, 0.25) is 5.02 Å². The molecule has 35 heavy (non-hydrogen) atoms. The van der Waals surface area contributed by atoms with E-state index in [1.54, 1.807) is 0 Å². The zero-order valence-electron chi connectivity index (χ0n) is 21.1. The Kier molecular flexibility index (Phi) is 8.48. The van der Waals surface area contributed by atoms with Crippen LogP contribution >= 0.6 is 11.6 Å². The van der Waals surface area contributed by atoms with Gasteiger partial charge >= 0.3 is 6.03 Å². The quantitative estimate of drug-likeness (QED) is 0.378. The number of halogens is 1. The maximum absolute atomic E-state index is 13.3. The van der Waals surface area contributed by atoms with E-state index in [0.717, 1.165) is 61.8 Å². The van der Waals surface area contributed by atoms with Gasteiger partial charge in [-0.2, -0.15) is 0 Å². The first kappa shape index (κ1) is 25.3. The lowest BCUT2D eigenvalue weighted by Gasteiger charge is -2.43. The third kappa shape index (κ3) is 6.25. The lowest BCUT2D eigenvalue weighted by atomic mass is 10.0. The normalized spacial score (nSPS) is 16.3. The molecule has 1 saturated heterocycles. The Morgan fingerprint density at radius 1 is 0.943 bits per heavy atom. The standard InChI is InChI=1S/C30H36ClN3O/c1-4-33(5-2)30(35)34-18-17-32(22-27(34)20-24-9-7-6-8-10-24)21-25-12-14-26(15-13-25)28-19-23(3)11-16-29(28)31/h6-16,19,27H,4-5,17-18,20-22H2,1-3H3. The Labute approximate surface area is 215 Å². The summed E-state index contributed by atoms with van der Waals surface area (Å²) in [4.78, 5) is 19.8. The second kappa shape index (κ2) is 11.7. The first-order valence-electron chi connectivity index (χ1n) is 12.7. The Bertz CT molecular complexity index is 1110. The molecule has 4 rings (SSSR count). The smallest absolute Gasteiger partial charge is 0.320 e. The van der Waals surface area contributed by atoms with Crippen molar-refractivity contribution in [2.45, 2.75) is 39.8 Å². The van der Waals surface area contributed by atoms with E-state index in [4.69, 9.17) is 11.6 Å². The summed E-state index contributed by atoms with van der Waals surface area (Å²) in [5.41, 5.74) is 5.97. The first-order chi connectivity index (χ1) is 17.0. The monoisotopic (exact) mass is 489 g/mol. The number of hydrogen-bond acceptors (Lipinski definition) is 2. The molecule has 2 amide bonds. The van der Waals surface area contributed by atoms with Gasteiger partial charge in [0.05, 0.1) is 6.04 Å². The van der Waals surface area contributed by atoms with Gasteiger partial charge in [-0.3, -0.25) is 4.90 Å². The van der Waals surface area contributed by atoms with Gasteiger partial charge < -0.3 is 9.80 Å². The van der Waals surface area contributed by atoms with Crippen molar-refractivity contribution >= 4 is 17.6 Å². The summed E-state index contributed by atoms with van der Waals surface area (Å²) >= 11 is 6.45. The molecule has 1 heterocycles. The zero-order valence-corrected chi connectivity index (χ0v) is 21.8. The highest BCUT2D eigenvalue weighted by molar-refractivity contribution is 6.33. The summed E-state index contributed by atoms with van der Waals surface area (Å²) in [6.45, 7) is 11.1. The molecule has 3 aromatic rings. The average molecular weight is 490 g/mol. The minimum absolute atomic E-state index is 0.157. The Hall–Kier alpha value is -2.82. The van der Waals surface area contributed by atoms with E-state index >= 15 is 0 Å². The van der Waals surface area contributed by atoms with Gasteiger partial charge in [0.25, 0.3) is 0 Å². The number of nitrogens with zero attached hydrogens (tertiary/aromatic N) is 3. The lowest BCUT2D eigenvalue weighted by molar-refractivity contribution is 0.0725. The van der Waals surface area contributed by atoms with Crippen LogP contribution in [-0.2, 0) is 13.0 Å². The summed E-state index contributed by atoms with van der Waals surface area (Å²) < 4.78 is 0. The predicted molar refractivity (Wildman–Crippen MR) is 146 cm³/mol. The van der Waals surface area contributed by atoms with E-state index in [1.165, 1.54) is 16.7 Å². The number of piperazine rings is 1. The molecule has 1 fully saturated rings. The molecule has 1 atom stereocenters. The van der Waals surface area contributed by atoms with Crippen molar-refractivity contribution in [1.82, 2.24) is 14.7 Å². The van der Waals surface area contributed by atoms with Gasteiger partial charge in [0.15, 0.2) is 0 Å². The largest absolute Gasteiger partial charge is 0.325 e. The number of benzene rings is 3. The zero-order chi connectivity index (χ0) is 24.8. The van der Waals surface area contributed by atoms with Crippen LogP contribution in [0.3, 0.4) is 0 Å². The molecular weight excluding hydrogens is 454 g/mol. The van der Waals surface area contributed by atoms with Gasteiger partial charge in [-0.25, -0.2) is 4.79 Å². The number of carbonyl (C=O) groups excluding carboxylic acids is 1. The minimum atomic E-state index is 0.157. The van der Waals surface area contributed by atoms with Crippen LogP contribution in [0.15, 0.2) is 72.8 Å². The van der Waals surface area contributed by atoms with Crippen LogP contribution in [0, 0.1) is 6.92 Å². The highest BCUT2D eigenvalue weighted by Crippen LogP contribution is 2.29. The molecule has 0 aliphatic carbocycles. The molecule has 5 heteroatoms. The Morgan fingerprint density at radius 3 is 2.34 bits per heavy atom. The molecule has 3 aromatic carbocycles. The van der Waals surface area contributed by atoms with Crippen molar-refractivity contribution in [2.75, 3.05) is 32.7 Å². The third-order valence-electron chi connectivity index (χ3n) is 6.95. The highest BCUT2D eigenvalue weighted by atomic mass is 35.5. The number of aryl methyl sites for hydroxylation is 1. The SMILES string of the molecule is CCN(CC)C(=O)N1CCN(Cc2ccc(-c3cc(C)ccc3Cl)cc2)CC1Cc1ccccc1. The van der Waals surface area contributed by atoms with Gasteiger partial charge in [-0.15, -0.1) is 0 Å². The molecule has 0 radical (unpaired) electrons. The number of amides is 2. The van der Waals surface area contributed by atoms with Crippen LogP contribution in [0.1, 0.15) is 30.5 Å². The van der Waals surface area contributed by atoms with Gasteiger partial charge in [0.1, 0.15) is 0 Å². The van der Waals surface area contributed by atoms with Crippen molar-refractivity contribution in [3.8, 4) is 11.1 Å². The second-order valence-electron chi connectivity index (χ2n) is 9.41. The minimum Gasteiger partial charge on any atom is -0.325 e. The van der Waals surface area contributed by atoms with Gasteiger partial charge in [-0.05, 0) is 56.0 Å². The maximum atomic E-state index is 13.3. The van der Waals surface area contributed by atoms with Crippen LogP contribution in [-0.4, -0.2) is 59.5 Å². The third-order valence-corrected chi connectivity index (χ3v) is 7.28. The van der Waals surface area contributed by atoms with E-state index in [1.807, 2.05) is 23.1 Å². The van der Waals surface area contributed by atoms with Gasteiger partial charge in [0, 0.05) is 49.9 Å². The molecule has 184 valence electrons. The molecule has 1 unspecified atom stereocenters. The molecule has 0 saturated carbocycles. The molecule has 0 bridgehead atoms. The van der Waals surface area contributed by atoms with E-state index in [-0.39, 0.29) is 12.1 Å². The van der Waals surface area contributed by atoms with Crippen molar-refractivity contribution in [1.29, 1.82) is 0 Å². The lowest BCUT2D eigenvalue weighted by Crippen LogP contribution is -2.58. The second-order valence-corrected chi connectivity index (χ2v) is 9.81. The van der Waals surface area contributed by atoms with E-state index in [0.29, 0.717) is 0 Å². The van der Waals surface area contributed by atoms with E-state index < -0.39 is 0 Å². The number of carbonyl (C=O) groups is 1. The van der Waals surface area contributed by atoms with Crippen LogP contribution in [0.5, 0.6) is 0 Å². The fourth-order valence-corrected chi connectivity index (χ4v) is 5.19. The number of hydrogen-bond donors (Lipinski definition) is 0. The van der Waals surface area contributed by atoms with Crippen molar-refractivity contribution in [3.05, 3.63) is 94.5 Å². The molecule has 1 aliphatic heterocycles. The fraction of sp³-hybridized carbons (Fsp3) is 0.367. The predicted octanol–water partition coefficient (Wildman–Crippen LogP) is 6.51. The summed E-state index contributed by atoms with van der Waals surface area (Å²) in [6, 6.07) is 25.7. The first-order valence-corrected chi connectivity index (χ1v) is 13.0. The van der Waals surface area contributed by atoms with Crippen LogP contribution in [0.25, 0.3) is 11.1 Å². The topological polar surface area (TPSA) is 26.8 Å². The van der Waals surface area contributed by atoms with Crippen molar-refractivity contribution in [2.24, 2.45) is 0 Å². The molecule has 0 spiro atoms. The molecule has 0 aromatic heterocycles. The maximum Gasteiger partial charge on any atom is 0.320 e. The summed E-state index contributed by atoms with van der Waals surface area (Å²) in [5, 5.41) is 0.779. The highest BCUT2D eigenvalue weighted by Gasteiger charge is 2.32. The Balaban J connectivity index is 1.48. The molecule has 1 aliphatic rings. The number of urea groups is 1. The Morgan fingerprint density at radius 2 is 1.66 bits per heavy atom. The summed E-state index contributed by atoms with van der Waals surface area (Å²) in [6.07, 6.45) is 0.870. The molecule has 4 nitrogen and oxygen atoms in total. The number of rotatable bonds is 7. The van der Waals surface area contributed by atoms with Crippen LogP contribution in [0.4, 0.5) is 4.79 Å². The molecular formula is C30H36ClN3O. The summed E-state index contributed by atoms with van der Waals surface area (Å²) in [5.74, 6) is 0. The van der Waals surface area contributed by atoms with Crippen molar-refractivity contribution in [3.63, 3.8) is 0 Å². The van der Waals surface area contributed by atoms with Crippen LogP contribution < -0.4 is 0 Å². The van der Waals surface area contributed by atoms with Gasteiger partial charge in [-0.1, -0.05) is 77.8 Å². The van der Waals surface area contributed by atoms with E-state index in [9.17, 15) is 4.79 Å².